The molecule has 1 saturated carbocycles. The van der Waals surface area contributed by atoms with Gasteiger partial charge < -0.3 is 5.32 Å². The molecule has 6 heteroatoms. The average Bonchev–Trinajstić information content (AvgIpc) is 2.33. The number of para-hydroxylation sites is 1. The lowest BCUT2D eigenvalue weighted by Crippen LogP contribution is -2.33. The molecular formula is C13H14ClF4N. The van der Waals surface area contributed by atoms with E-state index >= 15 is 0 Å². The van der Waals surface area contributed by atoms with E-state index in [0.29, 0.717) is 12.8 Å². The Morgan fingerprint density at radius 1 is 1.11 bits per heavy atom. The maximum atomic E-state index is 13.5. The molecule has 106 valence electrons. The predicted molar refractivity (Wildman–Crippen MR) is 66.8 cm³/mol. The van der Waals surface area contributed by atoms with Crippen LogP contribution in [0.2, 0.25) is 5.02 Å². The third-order valence-corrected chi connectivity index (χ3v) is 3.82. The molecule has 2 rings (SSSR count). The van der Waals surface area contributed by atoms with Gasteiger partial charge in [-0.3, -0.25) is 0 Å². The molecule has 1 N–H and O–H groups in total. The Balaban J connectivity index is 1.96. The fourth-order valence-electron chi connectivity index (χ4n) is 2.40. The van der Waals surface area contributed by atoms with Gasteiger partial charge in [0.2, 0.25) is 0 Å². The lowest BCUT2D eigenvalue weighted by Gasteiger charge is -2.31. The molecule has 0 aliphatic heterocycles. The SMILES string of the molecule is Fc1cccc(Cl)c1NC1CCC(C(F)(F)F)CC1. The fourth-order valence-corrected chi connectivity index (χ4v) is 2.62. The maximum Gasteiger partial charge on any atom is 0.391 e. The van der Waals surface area contributed by atoms with Crippen LogP contribution < -0.4 is 5.32 Å². The van der Waals surface area contributed by atoms with Gasteiger partial charge in [0, 0.05) is 6.04 Å². The summed E-state index contributed by atoms with van der Waals surface area (Å²) in [6.45, 7) is 0. The molecule has 1 aliphatic rings. The molecule has 1 aromatic rings. The van der Waals surface area contributed by atoms with Gasteiger partial charge >= 0.3 is 6.18 Å². The summed E-state index contributed by atoms with van der Waals surface area (Å²) < 4.78 is 51.1. The highest BCUT2D eigenvalue weighted by Gasteiger charge is 2.41. The molecule has 0 atom stereocenters. The van der Waals surface area contributed by atoms with Gasteiger partial charge in [-0.2, -0.15) is 13.2 Å². The van der Waals surface area contributed by atoms with E-state index in [0.717, 1.165) is 0 Å². The molecule has 0 spiro atoms. The highest BCUT2D eigenvalue weighted by molar-refractivity contribution is 6.33. The smallest absolute Gasteiger partial charge is 0.379 e. The van der Waals surface area contributed by atoms with Crippen molar-refractivity contribution in [1.29, 1.82) is 0 Å². The molecule has 0 heterocycles. The number of hydrogen-bond acceptors (Lipinski definition) is 1. The second kappa shape index (κ2) is 5.57. The average molecular weight is 296 g/mol. The van der Waals surface area contributed by atoms with Gasteiger partial charge in [0.25, 0.3) is 0 Å². The van der Waals surface area contributed by atoms with Crippen molar-refractivity contribution in [2.45, 2.75) is 37.9 Å². The summed E-state index contributed by atoms with van der Waals surface area (Å²) >= 11 is 5.87. The van der Waals surface area contributed by atoms with Gasteiger partial charge in [-0.05, 0) is 37.8 Å². The van der Waals surface area contributed by atoms with E-state index in [2.05, 4.69) is 5.32 Å². The minimum atomic E-state index is -4.12. The number of halogens is 5. The van der Waals surface area contributed by atoms with E-state index in [9.17, 15) is 17.6 Å². The van der Waals surface area contributed by atoms with E-state index in [1.807, 2.05) is 0 Å². The zero-order valence-corrected chi connectivity index (χ0v) is 10.9. The first kappa shape index (κ1) is 14.4. The van der Waals surface area contributed by atoms with Crippen LogP contribution in [0.4, 0.5) is 23.2 Å². The summed E-state index contributed by atoms with van der Waals surface area (Å²) in [5.41, 5.74) is 0.180. The summed E-state index contributed by atoms with van der Waals surface area (Å²) in [4.78, 5) is 0. The Morgan fingerprint density at radius 2 is 1.74 bits per heavy atom. The van der Waals surface area contributed by atoms with Crippen LogP contribution in [-0.2, 0) is 0 Å². The van der Waals surface area contributed by atoms with E-state index in [4.69, 9.17) is 11.6 Å². The summed E-state index contributed by atoms with van der Waals surface area (Å²) in [6.07, 6.45) is -3.23. The summed E-state index contributed by atoms with van der Waals surface area (Å²) in [5.74, 6) is -1.72. The Kier molecular flexibility index (Phi) is 4.23. The second-order valence-electron chi connectivity index (χ2n) is 4.83. The van der Waals surface area contributed by atoms with Crippen LogP contribution in [0.1, 0.15) is 25.7 Å². The van der Waals surface area contributed by atoms with Crippen LogP contribution in [0.5, 0.6) is 0 Å². The molecule has 0 bridgehead atoms. The zero-order valence-electron chi connectivity index (χ0n) is 10.1. The first-order valence-corrected chi connectivity index (χ1v) is 6.53. The Hall–Kier alpha value is -0.970. The van der Waals surface area contributed by atoms with Crippen molar-refractivity contribution in [1.82, 2.24) is 0 Å². The van der Waals surface area contributed by atoms with Crippen molar-refractivity contribution in [3.05, 3.63) is 29.0 Å². The first-order valence-electron chi connectivity index (χ1n) is 6.15. The van der Waals surface area contributed by atoms with Crippen LogP contribution in [0.15, 0.2) is 18.2 Å². The minimum Gasteiger partial charge on any atom is -0.379 e. The Labute approximate surface area is 113 Å². The first-order chi connectivity index (χ1) is 8.88. The van der Waals surface area contributed by atoms with Crippen LogP contribution >= 0.6 is 11.6 Å². The number of hydrogen-bond donors (Lipinski definition) is 1. The molecule has 1 aromatic carbocycles. The molecular weight excluding hydrogens is 282 g/mol. The van der Waals surface area contributed by atoms with E-state index in [1.165, 1.54) is 12.1 Å². The predicted octanol–water partition coefficient (Wildman–Crippen LogP) is 5.01. The summed E-state index contributed by atoms with van der Waals surface area (Å²) in [7, 11) is 0. The number of nitrogens with one attached hydrogen (secondary N) is 1. The molecule has 0 unspecified atom stereocenters. The lowest BCUT2D eigenvalue weighted by molar-refractivity contribution is -0.182. The van der Waals surface area contributed by atoms with Crippen molar-refractivity contribution >= 4 is 17.3 Å². The highest BCUT2D eigenvalue weighted by Crippen LogP contribution is 2.38. The topological polar surface area (TPSA) is 12.0 Å². The van der Waals surface area contributed by atoms with Gasteiger partial charge in [-0.1, -0.05) is 17.7 Å². The monoisotopic (exact) mass is 295 g/mol. The second-order valence-corrected chi connectivity index (χ2v) is 5.24. The van der Waals surface area contributed by atoms with Gasteiger partial charge in [-0.25, -0.2) is 4.39 Å². The standard InChI is InChI=1S/C13H14ClF4N/c14-10-2-1-3-11(15)12(10)19-9-6-4-8(5-7-9)13(16,17)18/h1-3,8-9,19H,4-7H2. The largest absolute Gasteiger partial charge is 0.391 e. The number of anilines is 1. The highest BCUT2D eigenvalue weighted by atomic mass is 35.5. The Bertz CT molecular complexity index is 419. The molecule has 0 saturated heterocycles. The van der Waals surface area contributed by atoms with Crippen LogP contribution in [0.3, 0.4) is 0 Å². The molecule has 1 nitrogen and oxygen atoms in total. The van der Waals surface area contributed by atoms with Gasteiger partial charge in [0.15, 0.2) is 0 Å². The minimum absolute atomic E-state index is 0.0766. The van der Waals surface area contributed by atoms with Crippen molar-refractivity contribution in [2.75, 3.05) is 5.32 Å². The zero-order chi connectivity index (χ0) is 14.0. The summed E-state index contributed by atoms with van der Waals surface area (Å²) in [5, 5.41) is 3.16. The normalized spacial score (nSPS) is 24.3. The van der Waals surface area contributed by atoms with E-state index < -0.39 is 17.9 Å². The van der Waals surface area contributed by atoms with Crippen LogP contribution in [-0.4, -0.2) is 12.2 Å². The quantitative estimate of drug-likeness (QED) is 0.756. The molecule has 0 amide bonds. The number of benzene rings is 1. The lowest BCUT2D eigenvalue weighted by atomic mass is 9.85. The van der Waals surface area contributed by atoms with Crippen molar-refractivity contribution in [3.8, 4) is 0 Å². The third-order valence-electron chi connectivity index (χ3n) is 3.50. The number of rotatable bonds is 2. The molecule has 1 fully saturated rings. The van der Waals surface area contributed by atoms with Crippen molar-refractivity contribution in [2.24, 2.45) is 5.92 Å². The van der Waals surface area contributed by atoms with Crippen molar-refractivity contribution in [3.63, 3.8) is 0 Å². The van der Waals surface area contributed by atoms with E-state index in [-0.39, 0.29) is 29.6 Å². The third kappa shape index (κ3) is 3.53. The van der Waals surface area contributed by atoms with Crippen LogP contribution in [0.25, 0.3) is 0 Å². The van der Waals surface area contributed by atoms with Crippen molar-refractivity contribution < 1.29 is 17.6 Å². The molecule has 0 aromatic heterocycles. The summed E-state index contributed by atoms with van der Waals surface area (Å²) in [6, 6.07) is 4.15. The molecule has 1 aliphatic carbocycles. The van der Waals surface area contributed by atoms with E-state index in [1.54, 1.807) is 6.07 Å². The number of alkyl halides is 3. The van der Waals surface area contributed by atoms with Gasteiger partial charge in [0.05, 0.1) is 16.6 Å². The fraction of sp³-hybridized carbons (Fsp3) is 0.538. The maximum absolute atomic E-state index is 13.5. The van der Waals surface area contributed by atoms with Gasteiger partial charge in [0.1, 0.15) is 5.82 Å². The Morgan fingerprint density at radius 3 is 2.26 bits per heavy atom. The molecule has 0 radical (unpaired) electrons. The van der Waals surface area contributed by atoms with Crippen LogP contribution in [0, 0.1) is 11.7 Å². The molecule has 19 heavy (non-hydrogen) atoms. The van der Waals surface area contributed by atoms with Gasteiger partial charge in [-0.15, -0.1) is 0 Å².